The van der Waals surface area contributed by atoms with E-state index in [1.54, 1.807) is 0 Å². The van der Waals surface area contributed by atoms with Crippen molar-refractivity contribution in [1.29, 1.82) is 0 Å². The van der Waals surface area contributed by atoms with Gasteiger partial charge < -0.3 is 14.6 Å². The third-order valence-corrected chi connectivity index (χ3v) is 4.68. The molecule has 0 radical (unpaired) electrons. The molecule has 1 aliphatic carbocycles. The smallest absolute Gasteiger partial charge is 0.147 e. The fourth-order valence-corrected chi connectivity index (χ4v) is 3.44. The monoisotopic (exact) mass is 262 g/mol. The number of hydrogen-bond acceptors (Lipinski definition) is 4. The summed E-state index contributed by atoms with van der Waals surface area (Å²) in [5.74, 6) is 3.09. The summed E-state index contributed by atoms with van der Waals surface area (Å²) in [7, 11) is 0. The molecule has 0 spiro atoms. The maximum absolute atomic E-state index is 5.87. The topological polar surface area (TPSA) is 52.0 Å². The maximum atomic E-state index is 5.87. The van der Waals surface area contributed by atoms with Crippen LogP contribution in [0.15, 0.2) is 0 Å². The van der Waals surface area contributed by atoms with Gasteiger partial charge in [-0.15, -0.1) is 10.2 Å². The van der Waals surface area contributed by atoms with Crippen LogP contribution in [0.4, 0.5) is 0 Å². The first-order valence-corrected chi connectivity index (χ1v) is 7.68. The summed E-state index contributed by atoms with van der Waals surface area (Å²) in [4.78, 5) is 0. The molecule has 1 N–H and O–H groups in total. The second-order valence-corrected chi connectivity index (χ2v) is 6.09. The molecular weight excluding hydrogens is 240 g/mol. The molecule has 2 unspecified atom stereocenters. The van der Waals surface area contributed by atoms with Gasteiger partial charge in [0.15, 0.2) is 0 Å². The van der Waals surface area contributed by atoms with Crippen LogP contribution < -0.4 is 5.32 Å². The van der Waals surface area contributed by atoms with Crippen LogP contribution in [0.3, 0.4) is 0 Å². The van der Waals surface area contributed by atoms with E-state index < -0.39 is 0 Å². The van der Waals surface area contributed by atoms with Gasteiger partial charge >= 0.3 is 0 Å². The third-order valence-electron chi connectivity index (χ3n) is 4.68. The van der Waals surface area contributed by atoms with Crippen LogP contribution in [0.1, 0.15) is 43.8 Å². The van der Waals surface area contributed by atoms with Crippen LogP contribution in [-0.2, 0) is 24.2 Å². The molecule has 1 aromatic heterocycles. The Hall–Kier alpha value is -0.940. The molecule has 19 heavy (non-hydrogen) atoms. The molecule has 2 fully saturated rings. The van der Waals surface area contributed by atoms with Crippen molar-refractivity contribution in [1.82, 2.24) is 20.1 Å². The standard InChI is InChI=1S/C14H22N4O/c1-2-7-18-12(3-1)16-17-13(18)9-15-11-6-8-19-14(11)10-4-5-10/h10-11,14-15H,1-9H2. The largest absolute Gasteiger partial charge is 0.376 e. The molecule has 5 nitrogen and oxygen atoms in total. The van der Waals surface area contributed by atoms with Crippen molar-refractivity contribution in [2.45, 2.75) is 63.8 Å². The second kappa shape index (κ2) is 4.87. The Morgan fingerprint density at radius 1 is 1.21 bits per heavy atom. The lowest BCUT2D eigenvalue weighted by Crippen LogP contribution is -2.37. The molecular formula is C14H22N4O. The van der Waals surface area contributed by atoms with E-state index in [2.05, 4.69) is 20.1 Å². The van der Waals surface area contributed by atoms with Crippen molar-refractivity contribution in [2.75, 3.05) is 6.61 Å². The minimum absolute atomic E-state index is 0.448. The van der Waals surface area contributed by atoms with Gasteiger partial charge in [0, 0.05) is 25.6 Å². The fourth-order valence-electron chi connectivity index (χ4n) is 3.44. The molecule has 104 valence electrons. The van der Waals surface area contributed by atoms with Gasteiger partial charge in [0.2, 0.25) is 0 Å². The van der Waals surface area contributed by atoms with Crippen molar-refractivity contribution in [3.63, 3.8) is 0 Å². The van der Waals surface area contributed by atoms with Crippen molar-refractivity contribution >= 4 is 0 Å². The van der Waals surface area contributed by atoms with Crippen molar-refractivity contribution in [3.8, 4) is 0 Å². The van der Waals surface area contributed by atoms with Crippen LogP contribution in [0.5, 0.6) is 0 Å². The van der Waals surface area contributed by atoms with Crippen LogP contribution in [0, 0.1) is 5.92 Å². The van der Waals surface area contributed by atoms with E-state index in [1.807, 2.05) is 0 Å². The Morgan fingerprint density at radius 3 is 3.05 bits per heavy atom. The SMILES string of the molecule is C1CCn2c(nnc2CNC2CCOC2C2CC2)C1. The average Bonchev–Trinajstić information content (AvgIpc) is 3.04. The van der Waals surface area contributed by atoms with E-state index in [1.165, 1.54) is 31.5 Å². The van der Waals surface area contributed by atoms with Crippen LogP contribution in [0.2, 0.25) is 0 Å². The van der Waals surface area contributed by atoms with E-state index >= 15 is 0 Å². The highest BCUT2D eigenvalue weighted by Crippen LogP contribution is 2.38. The predicted molar refractivity (Wildman–Crippen MR) is 70.7 cm³/mol. The molecule has 0 amide bonds. The summed E-state index contributed by atoms with van der Waals surface area (Å²) >= 11 is 0. The lowest BCUT2D eigenvalue weighted by Gasteiger charge is -2.20. The number of aryl methyl sites for hydroxylation is 1. The molecule has 2 atom stereocenters. The van der Waals surface area contributed by atoms with Crippen molar-refractivity contribution < 1.29 is 4.74 Å². The lowest BCUT2D eigenvalue weighted by molar-refractivity contribution is 0.0807. The Balaban J connectivity index is 1.40. The summed E-state index contributed by atoms with van der Waals surface area (Å²) in [6.45, 7) is 2.84. The van der Waals surface area contributed by atoms with E-state index in [-0.39, 0.29) is 0 Å². The number of hydrogen-bond donors (Lipinski definition) is 1. The molecule has 1 saturated carbocycles. The number of nitrogens with zero attached hydrogens (tertiary/aromatic N) is 3. The molecule has 3 aliphatic rings. The van der Waals surface area contributed by atoms with Crippen molar-refractivity contribution in [2.24, 2.45) is 5.92 Å². The zero-order chi connectivity index (χ0) is 12.7. The highest BCUT2D eigenvalue weighted by molar-refractivity contribution is 5.00. The molecule has 5 heteroatoms. The Bertz CT molecular complexity index is 454. The molecule has 0 aromatic carbocycles. The number of ether oxygens (including phenoxy) is 1. The number of aromatic nitrogens is 3. The predicted octanol–water partition coefficient (Wildman–Crippen LogP) is 1.27. The van der Waals surface area contributed by atoms with Gasteiger partial charge in [-0.3, -0.25) is 0 Å². The zero-order valence-electron chi connectivity index (χ0n) is 11.3. The van der Waals surface area contributed by atoms with Gasteiger partial charge in [0.25, 0.3) is 0 Å². The molecule has 2 aliphatic heterocycles. The maximum Gasteiger partial charge on any atom is 0.147 e. The minimum Gasteiger partial charge on any atom is -0.376 e. The van der Waals surface area contributed by atoms with Gasteiger partial charge in [-0.2, -0.15) is 0 Å². The molecule has 0 bridgehead atoms. The number of nitrogens with one attached hydrogen (secondary N) is 1. The van der Waals surface area contributed by atoms with Gasteiger partial charge in [-0.1, -0.05) is 0 Å². The molecule has 4 rings (SSSR count). The summed E-state index contributed by atoms with van der Waals surface area (Å²) in [5.41, 5.74) is 0. The van der Waals surface area contributed by atoms with E-state index in [0.29, 0.717) is 12.1 Å². The minimum atomic E-state index is 0.448. The Morgan fingerprint density at radius 2 is 2.16 bits per heavy atom. The van der Waals surface area contributed by atoms with E-state index in [9.17, 15) is 0 Å². The first-order valence-electron chi connectivity index (χ1n) is 7.68. The average molecular weight is 262 g/mol. The van der Waals surface area contributed by atoms with Gasteiger partial charge in [0.1, 0.15) is 11.6 Å². The summed E-state index contributed by atoms with van der Waals surface area (Å²) in [6.07, 6.45) is 7.89. The highest BCUT2D eigenvalue weighted by atomic mass is 16.5. The van der Waals surface area contributed by atoms with E-state index in [4.69, 9.17) is 4.74 Å². The van der Waals surface area contributed by atoms with Crippen LogP contribution in [-0.4, -0.2) is 33.5 Å². The van der Waals surface area contributed by atoms with Gasteiger partial charge in [-0.05, 0) is 38.0 Å². The fraction of sp³-hybridized carbons (Fsp3) is 0.857. The number of fused-ring (bicyclic) bond motifs is 1. The van der Waals surface area contributed by atoms with Crippen LogP contribution in [0.25, 0.3) is 0 Å². The zero-order valence-corrected chi connectivity index (χ0v) is 11.3. The summed E-state index contributed by atoms with van der Waals surface area (Å²) < 4.78 is 8.17. The quantitative estimate of drug-likeness (QED) is 0.888. The molecule has 3 heterocycles. The Labute approximate surface area is 113 Å². The molecule has 1 saturated heterocycles. The number of rotatable bonds is 4. The first kappa shape index (κ1) is 11.9. The summed E-state index contributed by atoms with van der Waals surface area (Å²) in [6, 6.07) is 0.518. The summed E-state index contributed by atoms with van der Waals surface area (Å²) in [5, 5.41) is 12.3. The highest BCUT2D eigenvalue weighted by Gasteiger charge is 2.40. The second-order valence-electron chi connectivity index (χ2n) is 6.09. The first-order chi connectivity index (χ1) is 9.42. The Kier molecular flexibility index (Phi) is 3.04. The lowest BCUT2D eigenvalue weighted by atomic mass is 10.1. The van der Waals surface area contributed by atoms with Gasteiger partial charge in [0.05, 0.1) is 12.6 Å². The molecule has 1 aromatic rings. The normalized spacial score (nSPS) is 30.5. The third kappa shape index (κ3) is 2.30. The van der Waals surface area contributed by atoms with Crippen LogP contribution >= 0.6 is 0 Å². The van der Waals surface area contributed by atoms with E-state index in [0.717, 1.165) is 44.3 Å². The van der Waals surface area contributed by atoms with Gasteiger partial charge in [-0.25, -0.2) is 0 Å². The van der Waals surface area contributed by atoms with Crippen molar-refractivity contribution in [3.05, 3.63) is 11.6 Å².